The van der Waals surface area contributed by atoms with Gasteiger partial charge >= 0.3 is 0 Å². The Balaban J connectivity index is 2.34. The lowest BCUT2D eigenvalue weighted by Crippen LogP contribution is -1.85. The molecule has 0 fully saturated rings. The first-order chi connectivity index (χ1) is 12.2. The second-order valence-corrected chi connectivity index (χ2v) is 8.13. The van der Waals surface area contributed by atoms with Gasteiger partial charge in [-0.2, -0.15) is 0 Å². The summed E-state index contributed by atoms with van der Waals surface area (Å²) < 4.78 is 5.26. The van der Waals surface area contributed by atoms with Gasteiger partial charge in [-0.05, 0) is 53.8 Å². The van der Waals surface area contributed by atoms with Crippen LogP contribution in [0, 0.1) is 6.92 Å². The molecule has 2 aromatic rings. The zero-order valence-electron chi connectivity index (χ0n) is 15.4. The van der Waals surface area contributed by atoms with E-state index in [0.717, 1.165) is 17.3 Å². The molecule has 0 aliphatic rings. The maximum absolute atomic E-state index is 5.26. The van der Waals surface area contributed by atoms with Gasteiger partial charge in [-0.25, -0.2) is 0 Å². The SMILES string of the molecule is CCS/C(=C\C=C(/SCC)c1ccc(OC)cc1)c1ccc(C)cc1. The number of hydrogen-bond donors (Lipinski definition) is 0. The first-order valence-electron chi connectivity index (χ1n) is 8.57. The minimum atomic E-state index is 0.891. The molecule has 0 aliphatic carbocycles. The van der Waals surface area contributed by atoms with Gasteiger partial charge in [0.05, 0.1) is 7.11 Å². The van der Waals surface area contributed by atoms with Crippen LogP contribution >= 0.6 is 23.5 Å². The summed E-state index contributed by atoms with van der Waals surface area (Å²) in [5, 5.41) is 0. The van der Waals surface area contributed by atoms with E-state index in [4.69, 9.17) is 4.74 Å². The number of aryl methyl sites for hydroxylation is 1. The minimum absolute atomic E-state index is 0.891. The van der Waals surface area contributed by atoms with Gasteiger partial charge in [0.1, 0.15) is 5.75 Å². The molecule has 1 nitrogen and oxygen atoms in total. The lowest BCUT2D eigenvalue weighted by Gasteiger charge is -2.09. The van der Waals surface area contributed by atoms with Gasteiger partial charge in [-0.3, -0.25) is 0 Å². The zero-order valence-corrected chi connectivity index (χ0v) is 17.0. The second-order valence-electron chi connectivity index (χ2n) is 5.52. The zero-order chi connectivity index (χ0) is 18.1. The minimum Gasteiger partial charge on any atom is -0.497 e. The predicted molar refractivity (Wildman–Crippen MR) is 116 cm³/mol. The number of ether oxygens (including phenoxy) is 1. The Bertz CT molecular complexity index is 713. The highest BCUT2D eigenvalue weighted by molar-refractivity contribution is 8.08. The average Bonchev–Trinajstić information content (AvgIpc) is 2.65. The molecule has 0 bridgehead atoms. The van der Waals surface area contributed by atoms with Crippen LogP contribution in [0.1, 0.15) is 30.5 Å². The van der Waals surface area contributed by atoms with E-state index < -0.39 is 0 Å². The van der Waals surface area contributed by atoms with Gasteiger partial charge in [0.25, 0.3) is 0 Å². The molecule has 0 aromatic heterocycles. The monoisotopic (exact) mass is 370 g/mol. The highest BCUT2D eigenvalue weighted by atomic mass is 32.2. The Hall–Kier alpha value is -1.58. The van der Waals surface area contributed by atoms with Gasteiger partial charge < -0.3 is 4.74 Å². The Morgan fingerprint density at radius 2 is 1.24 bits per heavy atom. The summed E-state index contributed by atoms with van der Waals surface area (Å²) in [6.45, 7) is 6.51. The van der Waals surface area contributed by atoms with Gasteiger partial charge in [-0.1, -0.05) is 55.8 Å². The Morgan fingerprint density at radius 3 is 1.64 bits per heavy atom. The van der Waals surface area contributed by atoms with Crippen LogP contribution in [0.25, 0.3) is 9.81 Å². The van der Waals surface area contributed by atoms with Crippen molar-refractivity contribution in [1.29, 1.82) is 0 Å². The van der Waals surface area contributed by atoms with Crippen LogP contribution in [0.2, 0.25) is 0 Å². The summed E-state index contributed by atoms with van der Waals surface area (Å²) in [7, 11) is 1.70. The number of hydrogen-bond acceptors (Lipinski definition) is 3. The van der Waals surface area contributed by atoms with Crippen molar-refractivity contribution in [3.05, 3.63) is 77.4 Å². The third kappa shape index (κ3) is 6.02. The Kier molecular flexibility index (Phi) is 8.23. The maximum atomic E-state index is 5.26. The van der Waals surface area contributed by atoms with Crippen LogP contribution in [0.3, 0.4) is 0 Å². The lowest BCUT2D eigenvalue weighted by molar-refractivity contribution is 0.415. The molecule has 0 saturated carbocycles. The topological polar surface area (TPSA) is 9.23 Å². The lowest BCUT2D eigenvalue weighted by atomic mass is 10.1. The van der Waals surface area contributed by atoms with Gasteiger partial charge in [0, 0.05) is 9.81 Å². The fourth-order valence-electron chi connectivity index (χ4n) is 2.39. The molecule has 3 heteroatoms. The molecule has 0 heterocycles. The van der Waals surface area contributed by atoms with E-state index in [1.807, 2.05) is 35.7 Å². The number of allylic oxidation sites excluding steroid dienone is 2. The van der Waals surface area contributed by atoms with Crippen molar-refractivity contribution >= 4 is 33.3 Å². The smallest absolute Gasteiger partial charge is 0.118 e. The molecule has 2 aromatic carbocycles. The summed E-state index contributed by atoms with van der Waals surface area (Å²) in [5.74, 6) is 3.00. The molecular weight excluding hydrogens is 344 g/mol. The van der Waals surface area contributed by atoms with Crippen molar-refractivity contribution in [1.82, 2.24) is 0 Å². The van der Waals surface area contributed by atoms with Crippen molar-refractivity contribution in [3.63, 3.8) is 0 Å². The van der Waals surface area contributed by atoms with Crippen LogP contribution in [-0.2, 0) is 0 Å². The molecule has 2 rings (SSSR count). The van der Waals surface area contributed by atoms with E-state index in [1.54, 1.807) is 7.11 Å². The van der Waals surface area contributed by atoms with E-state index >= 15 is 0 Å². The molecular formula is C22H26OS2. The standard InChI is InChI=1S/C22H26OS2/c1-5-24-21(18-9-7-17(3)8-10-18)15-16-22(25-6-2)19-11-13-20(23-4)14-12-19/h7-16H,5-6H2,1-4H3/b21-15-,22-16-. The number of rotatable bonds is 8. The van der Waals surface area contributed by atoms with Gasteiger partial charge in [0.15, 0.2) is 0 Å². The second kappa shape index (κ2) is 10.4. The largest absolute Gasteiger partial charge is 0.497 e. The van der Waals surface area contributed by atoms with E-state index in [2.05, 4.69) is 69.3 Å². The van der Waals surface area contributed by atoms with Gasteiger partial charge in [-0.15, -0.1) is 23.5 Å². The van der Waals surface area contributed by atoms with Crippen LogP contribution < -0.4 is 4.74 Å². The van der Waals surface area contributed by atoms with E-state index in [0.29, 0.717) is 0 Å². The normalized spacial score (nSPS) is 12.3. The fourth-order valence-corrected chi connectivity index (χ4v) is 3.95. The summed E-state index contributed by atoms with van der Waals surface area (Å²) in [5.41, 5.74) is 3.80. The van der Waals surface area contributed by atoms with E-state index in [-0.39, 0.29) is 0 Å². The molecule has 0 N–H and O–H groups in total. The summed E-state index contributed by atoms with van der Waals surface area (Å²) in [4.78, 5) is 2.59. The predicted octanol–water partition coefficient (Wildman–Crippen LogP) is 6.89. The number of thioether (sulfide) groups is 2. The van der Waals surface area contributed by atoms with Crippen LogP contribution in [0.5, 0.6) is 5.75 Å². The molecule has 0 atom stereocenters. The van der Waals surface area contributed by atoms with E-state index in [1.165, 1.54) is 26.5 Å². The highest BCUT2D eigenvalue weighted by Crippen LogP contribution is 2.32. The highest BCUT2D eigenvalue weighted by Gasteiger charge is 2.04. The van der Waals surface area contributed by atoms with Crippen molar-refractivity contribution < 1.29 is 4.74 Å². The van der Waals surface area contributed by atoms with Crippen molar-refractivity contribution in [2.75, 3.05) is 18.6 Å². The third-order valence-electron chi connectivity index (χ3n) is 3.70. The van der Waals surface area contributed by atoms with E-state index in [9.17, 15) is 0 Å². The number of benzene rings is 2. The molecule has 0 spiro atoms. The number of methoxy groups -OCH3 is 1. The molecule has 0 amide bonds. The quantitative estimate of drug-likeness (QED) is 0.468. The Labute approximate surface area is 160 Å². The van der Waals surface area contributed by atoms with Crippen molar-refractivity contribution in [2.24, 2.45) is 0 Å². The molecule has 25 heavy (non-hydrogen) atoms. The Morgan fingerprint density at radius 1 is 0.800 bits per heavy atom. The van der Waals surface area contributed by atoms with Gasteiger partial charge in [0.2, 0.25) is 0 Å². The van der Waals surface area contributed by atoms with Crippen molar-refractivity contribution in [2.45, 2.75) is 20.8 Å². The first kappa shape index (κ1) is 19.7. The van der Waals surface area contributed by atoms with Crippen molar-refractivity contribution in [3.8, 4) is 5.75 Å². The van der Waals surface area contributed by atoms with Crippen LogP contribution in [0.4, 0.5) is 0 Å². The summed E-state index contributed by atoms with van der Waals surface area (Å²) in [6, 6.07) is 17.0. The molecule has 0 unspecified atom stereocenters. The molecule has 132 valence electrons. The molecule has 0 radical (unpaired) electrons. The average molecular weight is 371 g/mol. The first-order valence-corrected chi connectivity index (χ1v) is 10.5. The molecule has 0 aliphatic heterocycles. The van der Waals surface area contributed by atoms with Crippen LogP contribution in [0.15, 0.2) is 60.7 Å². The molecule has 0 saturated heterocycles. The summed E-state index contributed by atoms with van der Waals surface area (Å²) >= 11 is 3.75. The maximum Gasteiger partial charge on any atom is 0.118 e. The fraction of sp³-hybridized carbons (Fsp3) is 0.273. The summed E-state index contributed by atoms with van der Waals surface area (Å²) in [6.07, 6.45) is 4.49. The van der Waals surface area contributed by atoms with Crippen LogP contribution in [-0.4, -0.2) is 18.6 Å². The third-order valence-corrected chi connectivity index (χ3v) is 5.64.